The van der Waals surface area contributed by atoms with Crippen LogP contribution < -0.4 is 11.5 Å². The quantitative estimate of drug-likeness (QED) is 0.161. The molecule has 7 N–H and O–H groups in total. The van der Waals surface area contributed by atoms with E-state index in [1.54, 1.807) is 12.1 Å². The van der Waals surface area contributed by atoms with Gasteiger partial charge in [-0.3, -0.25) is 9.36 Å². The lowest BCUT2D eigenvalue weighted by Gasteiger charge is -2.16. The van der Waals surface area contributed by atoms with Gasteiger partial charge in [-0.2, -0.15) is 0 Å². The Hall–Kier alpha value is -2.86. The standard InChI is InChI=1S/C15H22N6O5S.C7H8O3S/c1-27(3-2-7(16)15(24)25)4-8-10(22)11(23)14(26-8)21-6-20-9-12(17)18-5-19-13(9)21;1-6-2-4-7(5-3-6)11(8,9)10/h5-8,10-11,14,22-23H,2-4,16H2,1H3,(H2-,17,18,19,24,25);2-5H,1H3,(H,8,9,10)/t7-,8+,10-,11?,14+,27?;/m0./s1. The van der Waals surface area contributed by atoms with Gasteiger partial charge in [0.05, 0.1) is 17.5 Å². The number of nitrogens with two attached hydrogens (primary N) is 2. The highest BCUT2D eigenvalue weighted by Gasteiger charge is 2.46. The van der Waals surface area contributed by atoms with Crippen LogP contribution in [0.4, 0.5) is 5.82 Å². The number of rotatable bonds is 8. The van der Waals surface area contributed by atoms with E-state index in [1.165, 1.54) is 29.4 Å². The Labute approximate surface area is 221 Å². The Bertz CT molecular complexity index is 1350. The summed E-state index contributed by atoms with van der Waals surface area (Å²) in [5, 5.41) is 29.7. The average Bonchev–Trinajstić information content (AvgIpc) is 3.40. The minimum Gasteiger partial charge on any atom is -0.744 e. The van der Waals surface area contributed by atoms with Crippen LogP contribution in [0.25, 0.3) is 11.2 Å². The number of hydrogen-bond donors (Lipinski definition) is 5. The summed E-state index contributed by atoms with van der Waals surface area (Å²) in [4.78, 5) is 22.8. The number of aliphatic hydroxyl groups excluding tert-OH is 2. The molecule has 16 heteroatoms. The topological polar surface area (TPSA) is 240 Å². The number of carboxylic acids is 1. The van der Waals surface area contributed by atoms with Gasteiger partial charge in [0.1, 0.15) is 57.8 Å². The first-order valence-corrected chi connectivity index (χ1v) is 14.7. The van der Waals surface area contributed by atoms with Crippen molar-refractivity contribution in [3.05, 3.63) is 42.5 Å². The molecule has 3 heterocycles. The molecule has 4 rings (SSSR count). The van der Waals surface area contributed by atoms with E-state index >= 15 is 0 Å². The van der Waals surface area contributed by atoms with Crippen molar-refractivity contribution in [1.82, 2.24) is 19.5 Å². The number of fused-ring (bicyclic) bond motifs is 1. The summed E-state index contributed by atoms with van der Waals surface area (Å²) in [6.07, 6.45) is 1.31. The van der Waals surface area contributed by atoms with Gasteiger partial charge < -0.3 is 36.1 Å². The minimum absolute atomic E-state index is 0.178. The van der Waals surface area contributed by atoms with Crippen LogP contribution in [0.5, 0.6) is 0 Å². The van der Waals surface area contributed by atoms with Crippen LogP contribution in [0.2, 0.25) is 0 Å². The molecule has 38 heavy (non-hydrogen) atoms. The molecule has 6 atom stereocenters. The van der Waals surface area contributed by atoms with Gasteiger partial charge in [-0.25, -0.2) is 23.4 Å². The molecule has 2 aromatic heterocycles. The molecule has 14 nitrogen and oxygen atoms in total. The second kappa shape index (κ2) is 12.3. The number of hydrogen-bond acceptors (Lipinski definition) is 12. The molecule has 1 fully saturated rings. The van der Waals surface area contributed by atoms with Gasteiger partial charge in [0.15, 0.2) is 17.7 Å². The zero-order chi connectivity index (χ0) is 28.2. The van der Waals surface area contributed by atoms with Gasteiger partial charge in [0.2, 0.25) is 0 Å². The lowest BCUT2D eigenvalue weighted by Crippen LogP contribution is -2.37. The van der Waals surface area contributed by atoms with Crippen molar-refractivity contribution in [2.75, 3.05) is 23.5 Å². The van der Waals surface area contributed by atoms with E-state index in [9.17, 15) is 28.0 Å². The third kappa shape index (κ3) is 7.16. The fraction of sp³-hybridized carbons (Fsp3) is 0.455. The molecule has 0 saturated carbocycles. The van der Waals surface area contributed by atoms with Crippen molar-refractivity contribution >= 4 is 44.0 Å². The Morgan fingerprint density at radius 3 is 2.47 bits per heavy atom. The van der Waals surface area contributed by atoms with E-state index in [0.717, 1.165) is 5.56 Å². The normalized spacial score (nSPS) is 23.0. The zero-order valence-electron chi connectivity index (χ0n) is 20.6. The Morgan fingerprint density at radius 1 is 1.21 bits per heavy atom. The first kappa shape index (κ1) is 29.7. The van der Waals surface area contributed by atoms with E-state index < -0.39 is 46.7 Å². The molecule has 0 bridgehead atoms. The maximum absolute atomic E-state index is 10.8. The zero-order valence-corrected chi connectivity index (χ0v) is 22.2. The molecule has 0 amide bonds. The summed E-state index contributed by atoms with van der Waals surface area (Å²) >= 11 is 0. The predicted molar refractivity (Wildman–Crippen MR) is 138 cm³/mol. The number of carbonyl (C=O) groups is 1. The highest BCUT2D eigenvalue weighted by molar-refractivity contribution is 7.96. The molecule has 3 aromatic rings. The first-order chi connectivity index (χ1) is 17.8. The molecule has 1 aliphatic rings. The van der Waals surface area contributed by atoms with Gasteiger partial charge >= 0.3 is 5.97 Å². The number of benzene rings is 1. The fourth-order valence-electron chi connectivity index (χ4n) is 3.67. The predicted octanol–water partition coefficient (Wildman–Crippen LogP) is -1.02. The maximum atomic E-state index is 10.8. The van der Waals surface area contributed by atoms with Crippen LogP contribution in [-0.4, -0.2) is 95.9 Å². The van der Waals surface area contributed by atoms with Gasteiger partial charge in [-0.1, -0.05) is 17.7 Å². The van der Waals surface area contributed by atoms with Crippen LogP contribution in [0.1, 0.15) is 18.2 Å². The van der Waals surface area contributed by atoms with E-state index in [4.69, 9.17) is 21.3 Å². The second-order valence-electron chi connectivity index (χ2n) is 8.78. The molecule has 1 saturated heterocycles. The summed E-state index contributed by atoms with van der Waals surface area (Å²) in [6.45, 7) is 1.82. The fourth-order valence-corrected chi connectivity index (χ4v) is 5.80. The van der Waals surface area contributed by atoms with E-state index in [0.29, 0.717) is 29.1 Å². The van der Waals surface area contributed by atoms with Crippen molar-refractivity contribution < 1.29 is 37.8 Å². The molecule has 208 valence electrons. The third-order valence-corrected chi connectivity index (χ3v) is 8.53. The molecule has 1 aromatic carbocycles. The molecule has 2 unspecified atom stereocenters. The van der Waals surface area contributed by atoms with Crippen LogP contribution in [0, 0.1) is 6.92 Å². The summed E-state index contributed by atoms with van der Waals surface area (Å²) in [5.74, 6) is 0.254. The summed E-state index contributed by atoms with van der Waals surface area (Å²) in [7, 11) is -4.50. The molecule has 0 spiro atoms. The number of aliphatic hydroxyl groups is 2. The maximum Gasteiger partial charge on any atom is 0.320 e. The number of ether oxygens (including phenoxy) is 1. The Kier molecular flexibility index (Phi) is 9.64. The highest BCUT2D eigenvalue weighted by atomic mass is 32.2. The SMILES string of the molecule is C[S+](CC[C@H](N)C(=O)O)C[C@H]1O[C@@H](n2cnc3c(N)ncnc32)C(O)[C@H]1O.Cc1ccc(S(=O)(=O)[O-])cc1. The van der Waals surface area contributed by atoms with E-state index in [1.807, 2.05) is 13.2 Å². The number of nitrogen functional groups attached to an aromatic ring is 1. The number of anilines is 1. The lowest BCUT2D eigenvalue weighted by molar-refractivity contribution is -0.138. The van der Waals surface area contributed by atoms with Gasteiger partial charge in [0, 0.05) is 6.42 Å². The van der Waals surface area contributed by atoms with Crippen LogP contribution in [0.15, 0.2) is 41.8 Å². The number of aryl methyl sites for hydroxylation is 1. The minimum atomic E-state index is -4.27. The second-order valence-corrected chi connectivity index (χ2v) is 12.5. The number of carboxylic acid groups (broad SMARTS) is 1. The van der Waals surface area contributed by atoms with E-state index in [2.05, 4.69) is 15.0 Å². The van der Waals surface area contributed by atoms with Gasteiger partial charge in [0.25, 0.3) is 0 Å². The van der Waals surface area contributed by atoms with Crippen LogP contribution in [0.3, 0.4) is 0 Å². The Balaban J connectivity index is 0.000000304. The lowest BCUT2D eigenvalue weighted by atomic mass is 10.1. The number of aliphatic carboxylic acids is 1. The molecular weight excluding hydrogens is 540 g/mol. The summed E-state index contributed by atoms with van der Waals surface area (Å²) in [5.41, 5.74) is 13.0. The van der Waals surface area contributed by atoms with Gasteiger partial charge in [-0.15, -0.1) is 0 Å². The molecular formula is C22H30N6O8S2. The molecule has 0 aliphatic carbocycles. The number of aromatic nitrogens is 4. The Morgan fingerprint density at radius 2 is 1.87 bits per heavy atom. The number of nitrogens with zero attached hydrogens (tertiary/aromatic N) is 4. The van der Waals surface area contributed by atoms with Crippen LogP contribution >= 0.6 is 0 Å². The summed E-state index contributed by atoms with van der Waals surface area (Å²) < 4.78 is 38.6. The van der Waals surface area contributed by atoms with Crippen molar-refractivity contribution in [1.29, 1.82) is 0 Å². The highest BCUT2D eigenvalue weighted by Crippen LogP contribution is 2.32. The average molecular weight is 571 g/mol. The molecule has 1 aliphatic heterocycles. The van der Waals surface area contributed by atoms with E-state index in [-0.39, 0.29) is 21.6 Å². The molecule has 0 radical (unpaired) electrons. The smallest absolute Gasteiger partial charge is 0.320 e. The number of imidazole rings is 1. The van der Waals surface area contributed by atoms with Crippen molar-refractivity contribution in [3.63, 3.8) is 0 Å². The largest absolute Gasteiger partial charge is 0.744 e. The van der Waals surface area contributed by atoms with Gasteiger partial charge in [-0.05, 0) is 30.0 Å². The third-order valence-electron chi connectivity index (χ3n) is 5.85. The first-order valence-electron chi connectivity index (χ1n) is 11.3. The van der Waals surface area contributed by atoms with Crippen molar-refractivity contribution in [2.24, 2.45) is 5.73 Å². The summed E-state index contributed by atoms with van der Waals surface area (Å²) in [6, 6.07) is 4.88. The van der Waals surface area contributed by atoms with Crippen molar-refractivity contribution in [2.45, 2.75) is 48.8 Å². The van der Waals surface area contributed by atoms with Crippen molar-refractivity contribution in [3.8, 4) is 0 Å². The monoisotopic (exact) mass is 570 g/mol. The van der Waals surface area contributed by atoms with Crippen LogP contribution in [-0.2, 0) is 30.5 Å².